The zero-order valence-corrected chi connectivity index (χ0v) is 12.0. The lowest BCUT2D eigenvalue weighted by Crippen LogP contribution is -2.13. The zero-order chi connectivity index (χ0) is 15.4. The summed E-state index contributed by atoms with van der Waals surface area (Å²) in [6.45, 7) is 3.10. The first-order chi connectivity index (χ1) is 10.0. The van der Waals surface area contributed by atoms with Crippen LogP contribution < -0.4 is 5.32 Å². The summed E-state index contributed by atoms with van der Waals surface area (Å²) in [7, 11) is 1.87. The van der Waals surface area contributed by atoms with Crippen LogP contribution >= 0.6 is 0 Å². The van der Waals surface area contributed by atoms with Crippen molar-refractivity contribution in [2.45, 2.75) is 26.4 Å². The van der Waals surface area contributed by atoms with Crippen LogP contribution in [0, 0.1) is 15.9 Å². The quantitative estimate of drug-likeness (QED) is 0.655. The van der Waals surface area contributed by atoms with E-state index in [0.29, 0.717) is 18.7 Å². The Kier molecular flexibility index (Phi) is 4.64. The maximum atomic E-state index is 13.5. The molecule has 1 N–H and O–H groups in total. The number of hydrogen-bond acceptors (Lipinski definition) is 4. The highest BCUT2D eigenvalue weighted by Gasteiger charge is 2.13. The second-order valence-electron chi connectivity index (χ2n) is 4.77. The van der Waals surface area contributed by atoms with Crippen molar-refractivity contribution >= 4 is 5.69 Å². The van der Waals surface area contributed by atoms with Crippen molar-refractivity contribution in [1.29, 1.82) is 0 Å². The van der Waals surface area contributed by atoms with Gasteiger partial charge in [0.2, 0.25) is 5.82 Å². The minimum atomic E-state index is -0.810. The molecule has 0 aliphatic rings. The number of aromatic nitrogens is 2. The summed E-state index contributed by atoms with van der Waals surface area (Å²) in [6.07, 6.45) is 2.80. The van der Waals surface area contributed by atoms with Gasteiger partial charge < -0.3 is 5.32 Å². The number of nitro benzene ring substituents is 1. The summed E-state index contributed by atoms with van der Waals surface area (Å²) in [6, 6.07) is 3.93. The molecule has 21 heavy (non-hydrogen) atoms. The normalized spacial score (nSPS) is 10.8. The lowest BCUT2D eigenvalue weighted by molar-refractivity contribution is -0.387. The van der Waals surface area contributed by atoms with Gasteiger partial charge in [0.1, 0.15) is 0 Å². The number of benzene rings is 1. The van der Waals surface area contributed by atoms with Gasteiger partial charge in [-0.3, -0.25) is 14.8 Å². The van der Waals surface area contributed by atoms with Crippen LogP contribution in [0.15, 0.2) is 24.4 Å². The molecule has 6 nitrogen and oxygen atoms in total. The van der Waals surface area contributed by atoms with Gasteiger partial charge in [-0.2, -0.15) is 9.49 Å². The molecule has 0 spiro atoms. The van der Waals surface area contributed by atoms with Crippen molar-refractivity contribution < 1.29 is 9.31 Å². The first-order valence-corrected chi connectivity index (χ1v) is 6.66. The first-order valence-electron chi connectivity index (χ1n) is 6.66. The topological polar surface area (TPSA) is 73.0 Å². The molecule has 7 heteroatoms. The Labute approximate surface area is 121 Å². The Morgan fingerprint density at radius 2 is 2.19 bits per heavy atom. The van der Waals surface area contributed by atoms with Crippen molar-refractivity contribution in [1.82, 2.24) is 15.1 Å². The second kappa shape index (κ2) is 6.45. The highest BCUT2D eigenvalue weighted by Crippen LogP contribution is 2.18. The van der Waals surface area contributed by atoms with E-state index in [1.54, 1.807) is 10.7 Å². The van der Waals surface area contributed by atoms with E-state index in [-0.39, 0.29) is 0 Å². The molecular weight excluding hydrogens is 275 g/mol. The largest absolute Gasteiger partial charge is 0.308 e. The summed E-state index contributed by atoms with van der Waals surface area (Å²) in [4.78, 5) is 9.82. The molecule has 0 saturated carbocycles. The van der Waals surface area contributed by atoms with Crippen molar-refractivity contribution in [3.63, 3.8) is 0 Å². The van der Waals surface area contributed by atoms with E-state index in [0.717, 1.165) is 17.7 Å². The molecule has 0 unspecified atom stereocenters. The minimum absolute atomic E-state index is 0.437. The number of hydrogen-bond donors (Lipinski definition) is 1. The van der Waals surface area contributed by atoms with Crippen LogP contribution in [0.2, 0.25) is 0 Å². The first kappa shape index (κ1) is 15.1. The molecule has 0 radical (unpaired) electrons. The zero-order valence-electron chi connectivity index (χ0n) is 12.0. The van der Waals surface area contributed by atoms with Gasteiger partial charge >= 0.3 is 5.69 Å². The molecule has 2 rings (SSSR count). The molecule has 112 valence electrons. The number of rotatable bonds is 6. The number of nitro groups is 1. The summed E-state index contributed by atoms with van der Waals surface area (Å²) < 4.78 is 15.3. The predicted molar refractivity (Wildman–Crippen MR) is 76.2 cm³/mol. The third-order valence-electron chi connectivity index (χ3n) is 3.18. The van der Waals surface area contributed by atoms with Gasteiger partial charge in [-0.05, 0) is 18.1 Å². The molecular formula is C14H17FN4O2. The Morgan fingerprint density at radius 1 is 1.43 bits per heavy atom. The fraction of sp³-hybridized carbons (Fsp3) is 0.357. The third-order valence-corrected chi connectivity index (χ3v) is 3.18. The van der Waals surface area contributed by atoms with E-state index in [1.165, 1.54) is 12.1 Å². The van der Waals surface area contributed by atoms with Crippen molar-refractivity contribution in [2.24, 2.45) is 7.05 Å². The van der Waals surface area contributed by atoms with Gasteiger partial charge in [-0.15, -0.1) is 0 Å². The predicted octanol–water partition coefficient (Wildman–Crippen LogP) is 2.32. The van der Waals surface area contributed by atoms with Gasteiger partial charge in [0.05, 0.1) is 10.6 Å². The van der Waals surface area contributed by atoms with E-state index in [1.807, 2.05) is 20.2 Å². The monoisotopic (exact) mass is 292 g/mol. The highest BCUT2D eigenvalue weighted by atomic mass is 19.1. The van der Waals surface area contributed by atoms with E-state index >= 15 is 0 Å². The van der Waals surface area contributed by atoms with E-state index < -0.39 is 16.4 Å². The number of halogens is 1. The van der Waals surface area contributed by atoms with Crippen molar-refractivity contribution in [2.75, 3.05) is 0 Å². The molecule has 0 aliphatic heterocycles. The van der Waals surface area contributed by atoms with Crippen LogP contribution in [-0.2, 0) is 26.6 Å². The standard InChI is InChI=1S/C14H17FN4O2/c1-3-13-11(9-18(2)17-13)8-16-7-10-4-5-14(19(20)21)12(15)6-10/h4-6,9,16H,3,7-8H2,1-2H3. The maximum Gasteiger partial charge on any atom is 0.304 e. The van der Waals surface area contributed by atoms with Crippen molar-refractivity contribution in [3.8, 4) is 0 Å². The maximum absolute atomic E-state index is 13.5. The summed E-state index contributed by atoms with van der Waals surface area (Å²) in [5, 5.41) is 18.1. The molecule has 1 aromatic carbocycles. The molecule has 0 fully saturated rings. The SMILES string of the molecule is CCc1nn(C)cc1CNCc1ccc([N+](=O)[O-])c(F)c1. The summed E-state index contributed by atoms with van der Waals surface area (Å²) in [5.74, 6) is -0.810. The van der Waals surface area contributed by atoms with Gasteiger partial charge in [0, 0.05) is 38.0 Å². The number of nitrogens with one attached hydrogen (secondary N) is 1. The van der Waals surface area contributed by atoms with Crippen LogP contribution in [-0.4, -0.2) is 14.7 Å². The van der Waals surface area contributed by atoms with Crippen LogP contribution in [0.4, 0.5) is 10.1 Å². The molecule has 1 aromatic heterocycles. The van der Waals surface area contributed by atoms with Crippen LogP contribution in [0.25, 0.3) is 0 Å². The highest BCUT2D eigenvalue weighted by molar-refractivity contribution is 5.35. The summed E-state index contributed by atoms with van der Waals surface area (Å²) in [5.41, 5.74) is 2.29. The molecule has 0 saturated heterocycles. The van der Waals surface area contributed by atoms with E-state index in [2.05, 4.69) is 10.4 Å². The number of aryl methyl sites for hydroxylation is 2. The Hall–Kier alpha value is -2.28. The van der Waals surface area contributed by atoms with Gasteiger partial charge in [-0.1, -0.05) is 13.0 Å². The van der Waals surface area contributed by atoms with Gasteiger partial charge in [0.15, 0.2) is 0 Å². The second-order valence-corrected chi connectivity index (χ2v) is 4.77. The third kappa shape index (κ3) is 3.63. The number of nitrogens with zero attached hydrogens (tertiary/aromatic N) is 3. The van der Waals surface area contributed by atoms with Crippen LogP contribution in [0.3, 0.4) is 0 Å². The van der Waals surface area contributed by atoms with E-state index in [4.69, 9.17) is 0 Å². The fourth-order valence-electron chi connectivity index (χ4n) is 2.18. The Morgan fingerprint density at radius 3 is 2.81 bits per heavy atom. The molecule has 0 bridgehead atoms. The average molecular weight is 292 g/mol. The minimum Gasteiger partial charge on any atom is -0.308 e. The van der Waals surface area contributed by atoms with Gasteiger partial charge in [-0.25, -0.2) is 0 Å². The molecule has 2 aromatic rings. The smallest absolute Gasteiger partial charge is 0.304 e. The van der Waals surface area contributed by atoms with Crippen LogP contribution in [0.1, 0.15) is 23.7 Å². The Balaban J connectivity index is 1.97. The molecule has 0 atom stereocenters. The van der Waals surface area contributed by atoms with Gasteiger partial charge in [0.25, 0.3) is 0 Å². The Bertz CT molecular complexity index is 654. The molecule has 1 heterocycles. The van der Waals surface area contributed by atoms with Crippen molar-refractivity contribution in [3.05, 3.63) is 57.1 Å². The van der Waals surface area contributed by atoms with Crippen LogP contribution in [0.5, 0.6) is 0 Å². The summed E-state index contributed by atoms with van der Waals surface area (Å²) >= 11 is 0. The average Bonchev–Trinajstić information content (AvgIpc) is 2.78. The molecule has 0 aliphatic carbocycles. The lowest BCUT2D eigenvalue weighted by Gasteiger charge is -2.05. The lowest BCUT2D eigenvalue weighted by atomic mass is 10.2. The molecule has 0 amide bonds. The fourth-order valence-corrected chi connectivity index (χ4v) is 2.18. The van der Waals surface area contributed by atoms with E-state index in [9.17, 15) is 14.5 Å².